The number of benzene rings is 2. The molecule has 2 rings (SSSR count). The van der Waals surface area contributed by atoms with E-state index in [1.54, 1.807) is 36.4 Å². The van der Waals surface area contributed by atoms with Gasteiger partial charge in [-0.15, -0.1) is 0 Å². The first-order valence-corrected chi connectivity index (χ1v) is 9.43. The molecule has 0 saturated carbocycles. The van der Waals surface area contributed by atoms with Gasteiger partial charge >= 0.3 is 0 Å². The molecule has 0 spiro atoms. The summed E-state index contributed by atoms with van der Waals surface area (Å²) in [6.07, 6.45) is 1.05. The van der Waals surface area contributed by atoms with Gasteiger partial charge in [-0.2, -0.15) is 0 Å². The van der Waals surface area contributed by atoms with E-state index in [0.29, 0.717) is 5.69 Å². The van der Waals surface area contributed by atoms with E-state index in [1.807, 2.05) is 19.1 Å². The molecule has 130 valence electrons. The van der Waals surface area contributed by atoms with Gasteiger partial charge in [-0.3, -0.25) is 4.72 Å². The third kappa shape index (κ3) is 5.54. The van der Waals surface area contributed by atoms with Gasteiger partial charge in [0.1, 0.15) is 0 Å². The van der Waals surface area contributed by atoms with Gasteiger partial charge in [0.25, 0.3) is 10.0 Å². The van der Waals surface area contributed by atoms with Crippen LogP contribution in [0.3, 0.4) is 0 Å². The number of aryl methyl sites for hydroxylation is 1. The highest BCUT2D eigenvalue weighted by Gasteiger charge is 2.13. The SMILES string of the molecule is Cc1ccc(S(=O)(=O)Nc2ccc(NCCCN(C)C)cc2)cc1. The van der Waals surface area contributed by atoms with Crippen LogP contribution in [0.15, 0.2) is 53.4 Å². The summed E-state index contributed by atoms with van der Waals surface area (Å²) in [6.45, 7) is 3.84. The lowest BCUT2D eigenvalue weighted by Crippen LogP contribution is -2.16. The van der Waals surface area contributed by atoms with Crippen LogP contribution in [0.4, 0.5) is 11.4 Å². The van der Waals surface area contributed by atoms with Gasteiger partial charge in [-0.1, -0.05) is 17.7 Å². The molecule has 0 bridgehead atoms. The summed E-state index contributed by atoms with van der Waals surface area (Å²) in [6, 6.07) is 14.1. The normalized spacial score (nSPS) is 11.5. The van der Waals surface area contributed by atoms with Crippen molar-refractivity contribution in [1.29, 1.82) is 0 Å². The average Bonchev–Trinajstić information content (AvgIpc) is 2.53. The molecule has 0 amide bonds. The molecule has 2 aromatic rings. The van der Waals surface area contributed by atoms with Crippen molar-refractivity contribution >= 4 is 21.4 Å². The predicted octanol–water partition coefficient (Wildman–Crippen LogP) is 3.16. The number of nitrogens with one attached hydrogen (secondary N) is 2. The molecule has 2 N–H and O–H groups in total. The molecule has 0 aliphatic carbocycles. The van der Waals surface area contributed by atoms with Crippen molar-refractivity contribution in [3.63, 3.8) is 0 Å². The van der Waals surface area contributed by atoms with Gasteiger partial charge in [0.15, 0.2) is 0 Å². The van der Waals surface area contributed by atoms with Crippen LogP contribution in [-0.4, -0.2) is 40.5 Å². The molecule has 0 aromatic heterocycles. The second-order valence-corrected chi connectivity index (χ2v) is 7.76. The highest BCUT2D eigenvalue weighted by molar-refractivity contribution is 7.92. The topological polar surface area (TPSA) is 61.4 Å². The Labute approximate surface area is 144 Å². The Balaban J connectivity index is 1.94. The van der Waals surface area contributed by atoms with E-state index in [4.69, 9.17) is 0 Å². The Morgan fingerprint density at radius 2 is 1.50 bits per heavy atom. The number of nitrogens with zero attached hydrogens (tertiary/aromatic N) is 1. The lowest BCUT2D eigenvalue weighted by Gasteiger charge is -2.12. The van der Waals surface area contributed by atoms with Crippen molar-refractivity contribution in [3.8, 4) is 0 Å². The Kier molecular flexibility index (Phi) is 6.23. The molecule has 0 saturated heterocycles. The van der Waals surface area contributed by atoms with Crippen LogP contribution in [-0.2, 0) is 10.0 Å². The summed E-state index contributed by atoms with van der Waals surface area (Å²) < 4.78 is 27.3. The van der Waals surface area contributed by atoms with Gasteiger partial charge in [-0.25, -0.2) is 8.42 Å². The maximum Gasteiger partial charge on any atom is 0.261 e. The fourth-order valence-corrected chi connectivity index (χ4v) is 3.27. The number of rotatable bonds is 8. The van der Waals surface area contributed by atoms with Gasteiger partial charge in [0, 0.05) is 17.9 Å². The molecule has 5 nitrogen and oxygen atoms in total. The minimum Gasteiger partial charge on any atom is -0.385 e. The maximum absolute atomic E-state index is 12.3. The molecule has 24 heavy (non-hydrogen) atoms. The Morgan fingerprint density at radius 3 is 2.08 bits per heavy atom. The second-order valence-electron chi connectivity index (χ2n) is 6.08. The van der Waals surface area contributed by atoms with Crippen molar-refractivity contribution in [1.82, 2.24) is 4.90 Å². The smallest absolute Gasteiger partial charge is 0.261 e. The van der Waals surface area contributed by atoms with Crippen LogP contribution in [0.2, 0.25) is 0 Å². The molecule has 0 aliphatic rings. The van der Waals surface area contributed by atoms with E-state index >= 15 is 0 Å². The molecule has 0 unspecified atom stereocenters. The molecular formula is C18H25N3O2S. The lowest BCUT2D eigenvalue weighted by atomic mass is 10.2. The van der Waals surface area contributed by atoms with Crippen molar-refractivity contribution in [2.75, 3.05) is 37.2 Å². The number of anilines is 2. The fraction of sp³-hybridized carbons (Fsp3) is 0.333. The number of hydrogen-bond donors (Lipinski definition) is 2. The quantitative estimate of drug-likeness (QED) is 0.720. The fourth-order valence-electron chi connectivity index (χ4n) is 2.22. The summed E-state index contributed by atoms with van der Waals surface area (Å²) in [5.41, 5.74) is 2.56. The predicted molar refractivity (Wildman–Crippen MR) is 100 cm³/mol. The lowest BCUT2D eigenvalue weighted by molar-refractivity contribution is 0.405. The van der Waals surface area contributed by atoms with Crippen LogP contribution < -0.4 is 10.0 Å². The highest BCUT2D eigenvalue weighted by atomic mass is 32.2. The van der Waals surface area contributed by atoms with Crippen LogP contribution in [0.25, 0.3) is 0 Å². The maximum atomic E-state index is 12.3. The zero-order valence-electron chi connectivity index (χ0n) is 14.4. The molecule has 0 radical (unpaired) electrons. The van der Waals surface area contributed by atoms with Crippen molar-refractivity contribution in [2.24, 2.45) is 0 Å². The summed E-state index contributed by atoms with van der Waals surface area (Å²) in [4.78, 5) is 2.41. The van der Waals surface area contributed by atoms with Crippen LogP contribution in [0.1, 0.15) is 12.0 Å². The highest BCUT2D eigenvalue weighted by Crippen LogP contribution is 2.18. The molecule has 0 heterocycles. The molecule has 0 aliphatic heterocycles. The third-order valence-electron chi connectivity index (χ3n) is 3.58. The van der Waals surface area contributed by atoms with Crippen LogP contribution in [0.5, 0.6) is 0 Å². The Hall–Kier alpha value is -2.05. The molecule has 0 atom stereocenters. The van der Waals surface area contributed by atoms with Crippen molar-refractivity contribution < 1.29 is 8.42 Å². The first-order valence-electron chi connectivity index (χ1n) is 7.95. The Bertz CT molecular complexity index is 739. The molecule has 6 heteroatoms. The van der Waals surface area contributed by atoms with E-state index in [0.717, 1.165) is 30.8 Å². The van der Waals surface area contributed by atoms with Gasteiger partial charge < -0.3 is 10.2 Å². The molecule has 0 fully saturated rings. The van der Waals surface area contributed by atoms with Crippen molar-refractivity contribution in [3.05, 3.63) is 54.1 Å². The largest absolute Gasteiger partial charge is 0.385 e. The van der Waals surface area contributed by atoms with E-state index < -0.39 is 10.0 Å². The molecule has 2 aromatic carbocycles. The summed E-state index contributed by atoms with van der Waals surface area (Å²) in [7, 11) is 0.552. The minimum absolute atomic E-state index is 0.263. The first kappa shape index (κ1) is 18.3. The van der Waals surface area contributed by atoms with E-state index in [9.17, 15) is 8.42 Å². The summed E-state index contributed by atoms with van der Waals surface area (Å²) in [5, 5.41) is 3.32. The number of sulfonamides is 1. The standard InChI is InChI=1S/C18H25N3O2S/c1-15-5-11-18(12-6-15)24(22,23)20-17-9-7-16(8-10-17)19-13-4-14-21(2)3/h5-12,19-20H,4,13-14H2,1-3H3. The third-order valence-corrected chi connectivity index (χ3v) is 4.98. The monoisotopic (exact) mass is 347 g/mol. The first-order chi connectivity index (χ1) is 11.4. The van der Waals surface area contributed by atoms with Gasteiger partial charge in [0.2, 0.25) is 0 Å². The minimum atomic E-state index is -3.55. The van der Waals surface area contributed by atoms with Gasteiger partial charge in [0.05, 0.1) is 4.90 Å². The Morgan fingerprint density at radius 1 is 0.917 bits per heavy atom. The summed E-state index contributed by atoms with van der Waals surface area (Å²) >= 11 is 0. The average molecular weight is 347 g/mol. The van der Waals surface area contributed by atoms with Crippen LogP contribution >= 0.6 is 0 Å². The molecular weight excluding hydrogens is 322 g/mol. The van der Waals surface area contributed by atoms with Crippen LogP contribution in [0, 0.1) is 6.92 Å². The zero-order valence-corrected chi connectivity index (χ0v) is 15.2. The van der Waals surface area contributed by atoms with E-state index in [2.05, 4.69) is 29.0 Å². The summed E-state index contributed by atoms with van der Waals surface area (Å²) in [5.74, 6) is 0. The van der Waals surface area contributed by atoms with Gasteiger partial charge in [-0.05, 0) is 70.4 Å². The van der Waals surface area contributed by atoms with E-state index in [1.165, 1.54) is 0 Å². The zero-order chi connectivity index (χ0) is 17.6. The van der Waals surface area contributed by atoms with Crippen molar-refractivity contribution in [2.45, 2.75) is 18.2 Å². The second kappa shape index (κ2) is 8.17. The van der Waals surface area contributed by atoms with E-state index in [-0.39, 0.29) is 4.90 Å². The number of hydrogen-bond acceptors (Lipinski definition) is 4.